The minimum absolute atomic E-state index is 0.105. The second kappa shape index (κ2) is 50.6. The molecule has 5 atom stereocenters. The third-order valence-corrected chi connectivity index (χ3v) is 14.5. The van der Waals surface area contributed by atoms with Crippen molar-refractivity contribution in [1.29, 1.82) is 0 Å². The summed E-state index contributed by atoms with van der Waals surface area (Å²) in [6.07, 6.45) is 32.2. The van der Waals surface area contributed by atoms with E-state index in [0.717, 1.165) is 109 Å². The second-order valence-electron chi connectivity index (χ2n) is 20.0. The summed E-state index contributed by atoms with van der Waals surface area (Å²) in [5, 5.41) is 10.5. The molecule has 0 amide bonds. The van der Waals surface area contributed by atoms with E-state index in [0.29, 0.717) is 25.7 Å². The van der Waals surface area contributed by atoms with Gasteiger partial charge in [-0.15, -0.1) is 0 Å². The van der Waals surface area contributed by atoms with Gasteiger partial charge in [-0.05, 0) is 25.7 Å². The highest BCUT2D eigenvalue weighted by molar-refractivity contribution is 7.47. The fourth-order valence-corrected chi connectivity index (χ4v) is 9.62. The summed E-state index contributed by atoms with van der Waals surface area (Å²) >= 11 is 0. The third-order valence-electron chi connectivity index (χ3n) is 12.6. The summed E-state index contributed by atoms with van der Waals surface area (Å²) in [6.45, 7) is 4.73. The molecule has 0 heterocycles. The zero-order chi connectivity index (χ0) is 54.8. The van der Waals surface area contributed by atoms with Crippen molar-refractivity contribution in [3.05, 3.63) is 0 Å². The Morgan fingerprint density at radius 3 is 0.797 bits per heavy atom. The predicted molar refractivity (Wildman–Crippen MR) is 289 cm³/mol. The Morgan fingerprint density at radius 1 is 0.324 bits per heavy atom. The maximum absolute atomic E-state index is 12.9. The number of ether oxygens (including phenoxy) is 4. The van der Waals surface area contributed by atoms with Gasteiger partial charge in [0.05, 0.1) is 26.4 Å². The van der Waals surface area contributed by atoms with Crippen LogP contribution in [-0.2, 0) is 65.4 Å². The van der Waals surface area contributed by atoms with E-state index < -0.39 is 97.5 Å². The molecule has 0 aliphatic heterocycles. The number of unbranched alkanes of at least 4 members (excludes halogenated alkanes) is 30. The molecule has 0 saturated heterocycles. The third kappa shape index (κ3) is 49.6. The monoisotopic (exact) mass is 1100 g/mol. The van der Waals surface area contributed by atoms with Crippen molar-refractivity contribution in [2.24, 2.45) is 0 Å². The first-order chi connectivity index (χ1) is 35.7. The largest absolute Gasteiger partial charge is 0.472 e. The van der Waals surface area contributed by atoms with Crippen LogP contribution < -0.4 is 0 Å². The topological polar surface area (TPSA) is 237 Å². The molecule has 17 nitrogen and oxygen atoms in total. The van der Waals surface area contributed by atoms with Crippen LogP contribution in [0.2, 0.25) is 0 Å². The van der Waals surface area contributed by atoms with E-state index in [2.05, 4.69) is 27.7 Å². The first kappa shape index (κ1) is 72.1. The van der Waals surface area contributed by atoms with Gasteiger partial charge in [0, 0.05) is 25.7 Å². The first-order valence-electron chi connectivity index (χ1n) is 29.3. The van der Waals surface area contributed by atoms with Crippen molar-refractivity contribution < 1.29 is 80.2 Å². The summed E-state index contributed by atoms with van der Waals surface area (Å²) in [5.41, 5.74) is 0. The van der Waals surface area contributed by atoms with E-state index in [4.69, 9.17) is 37.0 Å². The van der Waals surface area contributed by atoms with E-state index >= 15 is 0 Å². The van der Waals surface area contributed by atoms with Crippen molar-refractivity contribution in [2.45, 2.75) is 290 Å². The van der Waals surface area contributed by atoms with Gasteiger partial charge in [-0.25, -0.2) is 9.13 Å². The van der Waals surface area contributed by atoms with Crippen molar-refractivity contribution in [3.8, 4) is 0 Å². The molecule has 0 spiro atoms. The molecule has 0 aliphatic rings. The number of aliphatic hydroxyl groups excluding tert-OH is 1. The lowest BCUT2D eigenvalue weighted by Gasteiger charge is -2.21. The van der Waals surface area contributed by atoms with E-state index in [1.165, 1.54) is 83.5 Å². The number of hydrogen-bond acceptors (Lipinski definition) is 15. The zero-order valence-electron chi connectivity index (χ0n) is 46.8. The van der Waals surface area contributed by atoms with Crippen molar-refractivity contribution in [3.63, 3.8) is 0 Å². The van der Waals surface area contributed by atoms with Gasteiger partial charge in [-0.2, -0.15) is 0 Å². The van der Waals surface area contributed by atoms with E-state index in [1.54, 1.807) is 0 Å². The Labute approximate surface area is 447 Å². The highest BCUT2D eigenvalue weighted by Gasteiger charge is 2.30. The minimum Gasteiger partial charge on any atom is -0.462 e. The molecule has 74 heavy (non-hydrogen) atoms. The Kier molecular flexibility index (Phi) is 49.2. The normalized spacial score (nSPS) is 14.4. The Morgan fingerprint density at radius 2 is 0.541 bits per heavy atom. The van der Waals surface area contributed by atoms with Crippen LogP contribution in [0.15, 0.2) is 0 Å². The number of rotatable bonds is 56. The van der Waals surface area contributed by atoms with Gasteiger partial charge in [-0.1, -0.05) is 220 Å². The summed E-state index contributed by atoms with van der Waals surface area (Å²) in [4.78, 5) is 71.5. The standard InChI is InChI=1S/C55H106O17P2/c1-5-9-13-17-21-24-26-30-34-38-42-55(60)72-50(45-65-52(57)39-35-31-27-20-16-12-8-4)47-69-73(61,62)67-43-49(56)44-68-74(63,64)70-48-51(71-54(59)41-37-33-28-23-19-15-11-7-3)46-66-53(58)40-36-32-29-25-22-18-14-10-6-2/h49-51,56H,5-48H2,1-4H3,(H,61,62)(H,63,64)/t49-,50-,51-/m1/s1. The molecule has 2 unspecified atom stereocenters. The molecule has 438 valence electrons. The molecular weight excluding hydrogens is 995 g/mol. The predicted octanol–water partition coefficient (Wildman–Crippen LogP) is 14.4. The maximum atomic E-state index is 12.9. The van der Waals surface area contributed by atoms with Crippen molar-refractivity contribution in [2.75, 3.05) is 39.6 Å². The Bertz CT molecular complexity index is 1420. The lowest BCUT2D eigenvalue weighted by molar-refractivity contribution is -0.161. The first-order valence-corrected chi connectivity index (χ1v) is 32.3. The van der Waals surface area contributed by atoms with Crippen LogP contribution in [0.4, 0.5) is 0 Å². The number of carbonyl (C=O) groups is 4. The molecule has 0 bridgehead atoms. The molecule has 0 aromatic rings. The molecule has 0 rings (SSSR count). The average Bonchev–Trinajstić information content (AvgIpc) is 3.37. The van der Waals surface area contributed by atoms with E-state index in [9.17, 15) is 43.2 Å². The maximum Gasteiger partial charge on any atom is 0.472 e. The highest BCUT2D eigenvalue weighted by Crippen LogP contribution is 2.45. The lowest BCUT2D eigenvalue weighted by Crippen LogP contribution is -2.30. The van der Waals surface area contributed by atoms with Crippen LogP contribution in [-0.4, -0.2) is 96.7 Å². The molecule has 0 aromatic heterocycles. The van der Waals surface area contributed by atoms with Crippen LogP contribution in [0.5, 0.6) is 0 Å². The van der Waals surface area contributed by atoms with Crippen LogP contribution in [0.25, 0.3) is 0 Å². The van der Waals surface area contributed by atoms with Gasteiger partial charge in [0.1, 0.15) is 19.3 Å². The average molecular weight is 1100 g/mol. The van der Waals surface area contributed by atoms with Gasteiger partial charge in [-0.3, -0.25) is 37.3 Å². The minimum atomic E-state index is -4.93. The van der Waals surface area contributed by atoms with Crippen molar-refractivity contribution >= 4 is 39.5 Å². The van der Waals surface area contributed by atoms with Gasteiger partial charge in [0.15, 0.2) is 12.2 Å². The summed E-state index contributed by atoms with van der Waals surface area (Å²) in [5.74, 6) is -2.15. The number of aliphatic hydroxyl groups is 1. The molecule has 0 radical (unpaired) electrons. The van der Waals surface area contributed by atoms with Crippen LogP contribution in [0.3, 0.4) is 0 Å². The Balaban J connectivity index is 5.19. The molecule has 0 aliphatic carbocycles. The summed E-state index contributed by atoms with van der Waals surface area (Å²) in [6, 6.07) is 0. The second-order valence-corrected chi connectivity index (χ2v) is 22.9. The van der Waals surface area contributed by atoms with Crippen LogP contribution in [0, 0.1) is 0 Å². The smallest absolute Gasteiger partial charge is 0.462 e. The molecule has 3 N–H and O–H groups in total. The quantitative estimate of drug-likeness (QED) is 0.0222. The molecule has 0 saturated carbocycles. The molecule has 19 heteroatoms. The number of esters is 4. The zero-order valence-corrected chi connectivity index (χ0v) is 48.6. The SMILES string of the molecule is CCCCCCCCCCCCC(=O)O[C@H](COC(=O)CCCCCCCCC)COP(=O)(O)OC[C@@H](O)COP(=O)(O)OC[C@@H](COC(=O)CCCCCCCCCCC)OC(=O)CCCCCCCCCC. The van der Waals surface area contributed by atoms with E-state index in [-0.39, 0.29) is 25.7 Å². The van der Waals surface area contributed by atoms with Crippen molar-refractivity contribution in [1.82, 2.24) is 0 Å². The number of hydrogen-bond donors (Lipinski definition) is 3. The van der Waals surface area contributed by atoms with Gasteiger partial charge < -0.3 is 33.8 Å². The number of carbonyl (C=O) groups excluding carboxylic acids is 4. The number of phosphoric acid groups is 2. The van der Waals surface area contributed by atoms with E-state index in [1.807, 2.05) is 0 Å². The molecule has 0 fully saturated rings. The fourth-order valence-electron chi connectivity index (χ4n) is 8.04. The van der Waals surface area contributed by atoms with Gasteiger partial charge in [0.2, 0.25) is 0 Å². The van der Waals surface area contributed by atoms with Gasteiger partial charge >= 0.3 is 39.5 Å². The lowest BCUT2D eigenvalue weighted by atomic mass is 10.1. The van der Waals surface area contributed by atoms with Crippen LogP contribution >= 0.6 is 15.6 Å². The molecular formula is C55H106O17P2. The summed E-state index contributed by atoms with van der Waals surface area (Å²) < 4.78 is 67.4. The molecule has 0 aromatic carbocycles. The Hall–Kier alpha value is -1.94. The van der Waals surface area contributed by atoms with Gasteiger partial charge in [0.25, 0.3) is 0 Å². The number of phosphoric ester groups is 2. The van der Waals surface area contributed by atoms with Crippen LogP contribution in [0.1, 0.15) is 272 Å². The fraction of sp³-hybridized carbons (Fsp3) is 0.927. The summed E-state index contributed by atoms with van der Waals surface area (Å²) in [7, 11) is -9.85. The highest BCUT2D eigenvalue weighted by atomic mass is 31.2.